The number of nitrogens with zero attached hydrogens (tertiary/aromatic N) is 1. The molecule has 1 nitrogen and oxygen atoms in total. The summed E-state index contributed by atoms with van der Waals surface area (Å²) in [5.41, 5.74) is 0.396. The van der Waals surface area contributed by atoms with Crippen LogP contribution in [0, 0.1) is 11.8 Å². The van der Waals surface area contributed by atoms with E-state index in [2.05, 4.69) is 32.6 Å². The summed E-state index contributed by atoms with van der Waals surface area (Å²) in [5, 5.41) is 0. The Kier molecular flexibility index (Phi) is 1.39. The summed E-state index contributed by atoms with van der Waals surface area (Å²) in [6.45, 7) is 10.7. The molecule has 3 unspecified atom stereocenters. The summed E-state index contributed by atoms with van der Waals surface area (Å²) in [7, 11) is 0. The minimum absolute atomic E-state index is 0.396. The topological polar surface area (TPSA) is 3.24 Å². The first-order valence-electron chi connectivity index (χ1n) is 4.77. The van der Waals surface area contributed by atoms with Crippen molar-refractivity contribution in [3.63, 3.8) is 0 Å². The van der Waals surface area contributed by atoms with Gasteiger partial charge in [0, 0.05) is 18.1 Å². The fraction of sp³-hybridized carbons (Fsp3) is 1.00. The van der Waals surface area contributed by atoms with Crippen molar-refractivity contribution in [2.45, 2.75) is 45.7 Å². The lowest BCUT2D eigenvalue weighted by atomic mass is 10.0. The van der Waals surface area contributed by atoms with Crippen molar-refractivity contribution in [3.05, 3.63) is 0 Å². The van der Waals surface area contributed by atoms with Crippen LogP contribution >= 0.6 is 0 Å². The monoisotopic (exact) mass is 153 g/mol. The Morgan fingerprint density at radius 2 is 1.91 bits per heavy atom. The molecule has 64 valence electrons. The Balaban J connectivity index is 2.07. The lowest BCUT2D eigenvalue weighted by Gasteiger charge is -2.37. The molecule has 1 heteroatoms. The summed E-state index contributed by atoms with van der Waals surface area (Å²) in [6, 6.07) is 0.847. The molecule has 1 heterocycles. The van der Waals surface area contributed by atoms with Crippen molar-refractivity contribution < 1.29 is 0 Å². The Labute approximate surface area is 69.8 Å². The van der Waals surface area contributed by atoms with E-state index in [4.69, 9.17) is 0 Å². The van der Waals surface area contributed by atoms with E-state index in [1.807, 2.05) is 0 Å². The van der Waals surface area contributed by atoms with Gasteiger partial charge in [-0.1, -0.05) is 0 Å². The van der Waals surface area contributed by atoms with Gasteiger partial charge in [-0.05, 0) is 46.0 Å². The Morgan fingerprint density at radius 1 is 1.27 bits per heavy atom. The molecule has 0 aromatic rings. The van der Waals surface area contributed by atoms with Gasteiger partial charge >= 0.3 is 0 Å². The van der Waals surface area contributed by atoms with Crippen molar-refractivity contribution >= 4 is 0 Å². The van der Waals surface area contributed by atoms with Crippen molar-refractivity contribution in [2.24, 2.45) is 11.8 Å². The maximum atomic E-state index is 2.66. The molecule has 0 bridgehead atoms. The molecule has 1 aliphatic heterocycles. The van der Waals surface area contributed by atoms with Crippen LogP contribution in [0.4, 0.5) is 0 Å². The van der Waals surface area contributed by atoms with E-state index in [9.17, 15) is 0 Å². The normalized spacial score (nSPS) is 44.2. The first-order chi connectivity index (χ1) is 5.00. The number of fused-ring (bicyclic) bond motifs is 1. The molecule has 0 N–H and O–H groups in total. The average molecular weight is 153 g/mol. The number of hydrogen-bond donors (Lipinski definition) is 0. The smallest absolute Gasteiger partial charge is 0.0128 e. The van der Waals surface area contributed by atoms with E-state index in [1.54, 1.807) is 0 Å². The fourth-order valence-corrected chi connectivity index (χ4v) is 2.61. The quantitative estimate of drug-likeness (QED) is 0.515. The largest absolute Gasteiger partial charge is 0.295 e. The highest BCUT2D eigenvalue weighted by Crippen LogP contribution is 2.51. The van der Waals surface area contributed by atoms with Crippen LogP contribution in [-0.2, 0) is 0 Å². The zero-order valence-electron chi connectivity index (χ0n) is 8.09. The van der Waals surface area contributed by atoms with E-state index in [0.717, 1.165) is 17.9 Å². The first-order valence-corrected chi connectivity index (χ1v) is 4.77. The van der Waals surface area contributed by atoms with Crippen LogP contribution in [-0.4, -0.2) is 23.0 Å². The number of hydrogen-bond acceptors (Lipinski definition) is 1. The highest BCUT2D eigenvalue weighted by atomic mass is 15.3. The molecule has 0 aromatic carbocycles. The van der Waals surface area contributed by atoms with E-state index in [-0.39, 0.29) is 0 Å². The van der Waals surface area contributed by atoms with Crippen LogP contribution in [0.3, 0.4) is 0 Å². The van der Waals surface area contributed by atoms with Gasteiger partial charge in [0.25, 0.3) is 0 Å². The van der Waals surface area contributed by atoms with Gasteiger partial charge in [0.15, 0.2) is 0 Å². The summed E-state index contributed by atoms with van der Waals surface area (Å²) >= 11 is 0. The molecule has 1 aliphatic carbocycles. The summed E-state index contributed by atoms with van der Waals surface area (Å²) < 4.78 is 0. The second kappa shape index (κ2) is 2.01. The molecule has 2 aliphatic rings. The maximum absolute atomic E-state index is 2.66. The predicted molar refractivity (Wildman–Crippen MR) is 47.5 cm³/mol. The second-order valence-corrected chi connectivity index (χ2v) is 5.22. The van der Waals surface area contributed by atoms with Gasteiger partial charge in [-0.15, -0.1) is 0 Å². The molecule has 2 rings (SSSR count). The van der Waals surface area contributed by atoms with Gasteiger partial charge in [-0.25, -0.2) is 0 Å². The van der Waals surface area contributed by atoms with Gasteiger partial charge in [-0.3, -0.25) is 4.90 Å². The van der Waals surface area contributed by atoms with Gasteiger partial charge in [0.1, 0.15) is 0 Å². The zero-order valence-corrected chi connectivity index (χ0v) is 8.09. The minimum atomic E-state index is 0.396. The third kappa shape index (κ3) is 1.10. The molecule has 3 atom stereocenters. The maximum Gasteiger partial charge on any atom is 0.0128 e. The van der Waals surface area contributed by atoms with Crippen LogP contribution in [0.2, 0.25) is 0 Å². The van der Waals surface area contributed by atoms with Crippen molar-refractivity contribution in [1.29, 1.82) is 0 Å². The fourth-order valence-electron chi connectivity index (χ4n) is 2.61. The Bertz CT molecular complexity index is 168. The molecule has 0 aromatic heterocycles. The van der Waals surface area contributed by atoms with E-state index in [1.165, 1.54) is 13.0 Å². The third-order valence-electron chi connectivity index (χ3n) is 3.38. The molecule has 1 saturated carbocycles. The molecule has 0 amide bonds. The summed E-state index contributed by atoms with van der Waals surface area (Å²) in [6.07, 6.45) is 1.51. The first kappa shape index (κ1) is 7.60. The standard InChI is InChI=1S/C10H19N/c1-7-9-5-8(9)6-11(7)10(2,3)4/h7-9H,5-6H2,1-4H3. The van der Waals surface area contributed by atoms with Crippen molar-refractivity contribution in [1.82, 2.24) is 4.90 Å². The van der Waals surface area contributed by atoms with Crippen LogP contribution in [0.5, 0.6) is 0 Å². The SMILES string of the molecule is CC1C2CC2CN1C(C)(C)C. The van der Waals surface area contributed by atoms with Gasteiger partial charge in [0.05, 0.1) is 0 Å². The summed E-state index contributed by atoms with van der Waals surface area (Å²) in [5.74, 6) is 2.11. The van der Waals surface area contributed by atoms with E-state index >= 15 is 0 Å². The van der Waals surface area contributed by atoms with Gasteiger partial charge in [0.2, 0.25) is 0 Å². The van der Waals surface area contributed by atoms with Crippen molar-refractivity contribution in [2.75, 3.05) is 6.54 Å². The molecule has 0 spiro atoms. The van der Waals surface area contributed by atoms with Crippen LogP contribution in [0.25, 0.3) is 0 Å². The Hall–Kier alpha value is -0.0400. The van der Waals surface area contributed by atoms with Gasteiger partial charge < -0.3 is 0 Å². The average Bonchev–Trinajstić information content (AvgIpc) is 2.52. The minimum Gasteiger partial charge on any atom is -0.295 e. The number of piperidine rings is 1. The molecule has 0 radical (unpaired) electrons. The molecule has 11 heavy (non-hydrogen) atoms. The predicted octanol–water partition coefficient (Wildman–Crippen LogP) is 2.13. The molecule has 2 fully saturated rings. The van der Waals surface area contributed by atoms with Crippen LogP contribution < -0.4 is 0 Å². The zero-order chi connectivity index (χ0) is 8.22. The number of likely N-dealkylation sites (tertiary alicyclic amines) is 1. The van der Waals surface area contributed by atoms with Crippen LogP contribution in [0.1, 0.15) is 34.1 Å². The highest BCUT2D eigenvalue weighted by molar-refractivity contribution is 5.05. The molecule has 1 saturated heterocycles. The van der Waals surface area contributed by atoms with Crippen LogP contribution in [0.15, 0.2) is 0 Å². The van der Waals surface area contributed by atoms with E-state index < -0.39 is 0 Å². The lowest BCUT2D eigenvalue weighted by molar-refractivity contribution is 0.109. The molecular weight excluding hydrogens is 134 g/mol. The van der Waals surface area contributed by atoms with Crippen molar-refractivity contribution in [3.8, 4) is 0 Å². The summed E-state index contributed by atoms with van der Waals surface area (Å²) in [4.78, 5) is 2.66. The number of rotatable bonds is 0. The Morgan fingerprint density at radius 3 is 2.18 bits per heavy atom. The van der Waals surface area contributed by atoms with E-state index in [0.29, 0.717) is 5.54 Å². The molecular formula is C10H19N. The highest BCUT2D eigenvalue weighted by Gasteiger charge is 2.52. The van der Waals surface area contributed by atoms with Gasteiger partial charge in [-0.2, -0.15) is 0 Å². The second-order valence-electron chi connectivity index (χ2n) is 5.22. The third-order valence-corrected chi connectivity index (χ3v) is 3.38. The lowest BCUT2D eigenvalue weighted by Crippen LogP contribution is -2.45.